The Balaban J connectivity index is 2.53. The van der Waals surface area contributed by atoms with Crippen molar-refractivity contribution >= 4 is 40.0 Å². The Labute approximate surface area is 159 Å². The quantitative estimate of drug-likeness (QED) is 0.651. The number of aromatic nitrogens is 2. The number of aromatic amines is 1. The second-order valence-corrected chi connectivity index (χ2v) is 6.80. The molecule has 25 heavy (non-hydrogen) atoms. The number of halogens is 1. The van der Waals surface area contributed by atoms with Crippen LogP contribution in [0.5, 0.6) is 0 Å². The predicted octanol–water partition coefficient (Wildman–Crippen LogP) is 2.19. The van der Waals surface area contributed by atoms with E-state index in [2.05, 4.69) is 27.6 Å². The molecule has 1 amide bonds. The number of benzene rings is 1. The summed E-state index contributed by atoms with van der Waals surface area (Å²) in [6.07, 6.45) is 1.62. The van der Waals surface area contributed by atoms with E-state index in [9.17, 15) is 14.4 Å². The van der Waals surface area contributed by atoms with Crippen molar-refractivity contribution in [1.82, 2.24) is 9.55 Å². The Bertz CT molecular complexity index is 871. The fraction of sp³-hybridized carbons (Fsp3) is 0.353. The van der Waals surface area contributed by atoms with E-state index in [1.165, 1.54) is 9.47 Å². The minimum absolute atomic E-state index is 0.0155. The highest BCUT2D eigenvalue weighted by Gasteiger charge is 2.23. The summed E-state index contributed by atoms with van der Waals surface area (Å²) < 4.78 is 2.31. The van der Waals surface area contributed by atoms with Gasteiger partial charge in [0.15, 0.2) is 5.69 Å². The van der Waals surface area contributed by atoms with Crippen LogP contribution < -0.4 is 21.9 Å². The van der Waals surface area contributed by atoms with Crippen LogP contribution in [0.3, 0.4) is 0 Å². The third-order valence-electron chi connectivity index (χ3n) is 3.87. The van der Waals surface area contributed by atoms with Crippen LogP contribution >= 0.6 is 22.6 Å². The van der Waals surface area contributed by atoms with Gasteiger partial charge in [0, 0.05) is 22.2 Å². The second-order valence-electron chi connectivity index (χ2n) is 5.55. The van der Waals surface area contributed by atoms with Gasteiger partial charge in [-0.05, 0) is 60.2 Å². The number of carbonyl (C=O) groups is 1. The molecular formula is C17H21IN4O3. The summed E-state index contributed by atoms with van der Waals surface area (Å²) >= 11 is 2.15. The van der Waals surface area contributed by atoms with Gasteiger partial charge in [0.25, 0.3) is 11.5 Å². The summed E-state index contributed by atoms with van der Waals surface area (Å²) in [7, 11) is 0. The molecule has 0 aliphatic heterocycles. The number of hydrogen-bond acceptors (Lipinski definition) is 4. The van der Waals surface area contributed by atoms with Crippen LogP contribution in [0.25, 0.3) is 0 Å². The van der Waals surface area contributed by atoms with Crippen LogP contribution in [0.1, 0.15) is 37.0 Å². The maximum atomic E-state index is 12.8. The first-order valence-electron chi connectivity index (χ1n) is 8.10. The van der Waals surface area contributed by atoms with Gasteiger partial charge in [-0.2, -0.15) is 0 Å². The molecule has 2 aromatic rings. The lowest BCUT2D eigenvalue weighted by molar-refractivity contribution is 0.0988. The van der Waals surface area contributed by atoms with Crippen molar-refractivity contribution in [2.45, 2.75) is 33.2 Å². The standard InChI is InChI=1S/C17H21IN4O3/c1-3-5-10-22-14(19)13(15(23)20-17(22)25)21(4-2)16(24)11-6-8-12(18)9-7-11/h6-9H,3-5,10,19H2,1-2H3,(H,20,23,25). The molecule has 1 heterocycles. The topological polar surface area (TPSA) is 101 Å². The number of hydrogen-bond donors (Lipinski definition) is 2. The number of nitrogens with zero attached hydrogens (tertiary/aromatic N) is 2. The van der Waals surface area contributed by atoms with Gasteiger partial charge in [0.1, 0.15) is 5.82 Å². The van der Waals surface area contributed by atoms with Crippen LogP contribution in [-0.4, -0.2) is 22.0 Å². The van der Waals surface area contributed by atoms with Gasteiger partial charge in [-0.3, -0.25) is 19.1 Å². The van der Waals surface area contributed by atoms with Crippen LogP contribution in [-0.2, 0) is 6.54 Å². The predicted molar refractivity (Wildman–Crippen MR) is 107 cm³/mol. The van der Waals surface area contributed by atoms with Crippen molar-refractivity contribution < 1.29 is 4.79 Å². The SMILES string of the molecule is CCCCn1c(N)c(N(CC)C(=O)c2ccc(I)cc2)c(=O)[nH]c1=O. The summed E-state index contributed by atoms with van der Waals surface area (Å²) in [6.45, 7) is 4.39. The summed E-state index contributed by atoms with van der Waals surface area (Å²) in [5.74, 6) is -0.320. The molecule has 0 spiro atoms. The Hall–Kier alpha value is -2.10. The van der Waals surface area contributed by atoms with E-state index in [1.807, 2.05) is 19.1 Å². The fourth-order valence-electron chi connectivity index (χ4n) is 2.53. The molecular weight excluding hydrogens is 435 g/mol. The zero-order valence-electron chi connectivity index (χ0n) is 14.2. The molecule has 1 aromatic heterocycles. The maximum absolute atomic E-state index is 12.8. The first-order chi connectivity index (χ1) is 11.9. The van der Waals surface area contributed by atoms with Crippen molar-refractivity contribution in [3.63, 3.8) is 0 Å². The van der Waals surface area contributed by atoms with E-state index in [-0.39, 0.29) is 24.0 Å². The van der Waals surface area contributed by atoms with Gasteiger partial charge in [-0.1, -0.05) is 13.3 Å². The molecule has 3 N–H and O–H groups in total. The van der Waals surface area contributed by atoms with Gasteiger partial charge in [0.2, 0.25) is 0 Å². The Morgan fingerprint density at radius 2 is 1.88 bits per heavy atom. The summed E-state index contributed by atoms with van der Waals surface area (Å²) in [4.78, 5) is 40.8. The molecule has 8 heteroatoms. The molecule has 0 unspecified atom stereocenters. The smallest absolute Gasteiger partial charge is 0.330 e. The lowest BCUT2D eigenvalue weighted by Crippen LogP contribution is -2.41. The summed E-state index contributed by atoms with van der Waals surface area (Å²) in [6, 6.07) is 7.03. The van der Waals surface area contributed by atoms with E-state index in [4.69, 9.17) is 5.73 Å². The number of unbranched alkanes of at least 4 members (excludes halogenated alkanes) is 1. The minimum atomic E-state index is -0.657. The number of nitrogens with one attached hydrogen (secondary N) is 1. The van der Waals surface area contributed by atoms with Gasteiger partial charge < -0.3 is 10.6 Å². The van der Waals surface area contributed by atoms with Crippen molar-refractivity contribution in [3.8, 4) is 0 Å². The first kappa shape index (κ1) is 19.2. The van der Waals surface area contributed by atoms with Crippen LogP contribution in [0.15, 0.2) is 33.9 Å². The first-order valence-corrected chi connectivity index (χ1v) is 9.18. The largest absolute Gasteiger partial charge is 0.383 e. The number of anilines is 2. The Kier molecular flexibility index (Phi) is 6.40. The lowest BCUT2D eigenvalue weighted by Gasteiger charge is -2.23. The lowest BCUT2D eigenvalue weighted by atomic mass is 10.2. The summed E-state index contributed by atoms with van der Waals surface area (Å²) in [5, 5.41) is 0. The number of carbonyl (C=O) groups excluding carboxylic acids is 1. The molecule has 0 saturated heterocycles. The van der Waals surface area contributed by atoms with E-state index < -0.39 is 11.2 Å². The molecule has 1 aromatic carbocycles. The van der Waals surface area contributed by atoms with E-state index in [1.54, 1.807) is 19.1 Å². The van der Waals surface area contributed by atoms with Gasteiger partial charge >= 0.3 is 5.69 Å². The normalized spacial score (nSPS) is 10.7. The molecule has 0 atom stereocenters. The van der Waals surface area contributed by atoms with Crippen molar-refractivity contribution in [2.24, 2.45) is 0 Å². The molecule has 7 nitrogen and oxygen atoms in total. The molecule has 134 valence electrons. The third-order valence-corrected chi connectivity index (χ3v) is 4.59. The van der Waals surface area contributed by atoms with Crippen LogP contribution in [0.2, 0.25) is 0 Å². The zero-order chi connectivity index (χ0) is 18.6. The van der Waals surface area contributed by atoms with E-state index in [0.717, 1.165) is 16.4 Å². The molecule has 0 aliphatic rings. The Morgan fingerprint density at radius 3 is 2.44 bits per heavy atom. The van der Waals surface area contributed by atoms with E-state index in [0.29, 0.717) is 12.1 Å². The van der Waals surface area contributed by atoms with Crippen LogP contribution in [0.4, 0.5) is 11.5 Å². The Morgan fingerprint density at radius 1 is 1.24 bits per heavy atom. The maximum Gasteiger partial charge on any atom is 0.330 e. The average Bonchev–Trinajstić information content (AvgIpc) is 2.58. The van der Waals surface area contributed by atoms with Crippen molar-refractivity contribution in [2.75, 3.05) is 17.2 Å². The molecule has 0 radical (unpaired) electrons. The second kappa shape index (κ2) is 8.32. The zero-order valence-corrected chi connectivity index (χ0v) is 16.4. The van der Waals surface area contributed by atoms with Gasteiger partial charge in [0.05, 0.1) is 0 Å². The monoisotopic (exact) mass is 456 g/mol. The number of nitrogens with two attached hydrogens (primary N) is 1. The average molecular weight is 456 g/mol. The molecule has 0 fully saturated rings. The number of nitrogen functional groups attached to an aromatic ring is 1. The highest BCUT2D eigenvalue weighted by atomic mass is 127. The van der Waals surface area contributed by atoms with Crippen LogP contribution in [0, 0.1) is 3.57 Å². The molecule has 0 bridgehead atoms. The van der Waals surface area contributed by atoms with E-state index >= 15 is 0 Å². The molecule has 2 rings (SSSR count). The highest BCUT2D eigenvalue weighted by molar-refractivity contribution is 14.1. The molecule has 0 aliphatic carbocycles. The van der Waals surface area contributed by atoms with Crippen molar-refractivity contribution in [1.29, 1.82) is 0 Å². The number of rotatable bonds is 6. The van der Waals surface area contributed by atoms with Gasteiger partial charge in [-0.15, -0.1) is 0 Å². The minimum Gasteiger partial charge on any atom is -0.383 e. The van der Waals surface area contributed by atoms with Gasteiger partial charge in [-0.25, -0.2) is 4.79 Å². The summed E-state index contributed by atoms with van der Waals surface area (Å²) in [5.41, 5.74) is 5.34. The highest BCUT2D eigenvalue weighted by Crippen LogP contribution is 2.20. The third kappa shape index (κ3) is 4.12. The molecule has 0 saturated carbocycles. The van der Waals surface area contributed by atoms with Crippen molar-refractivity contribution in [3.05, 3.63) is 54.2 Å². The fourth-order valence-corrected chi connectivity index (χ4v) is 2.89. The number of H-pyrrole nitrogens is 1. The number of amides is 1.